The fourth-order valence-corrected chi connectivity index (χ4v) is 3.54. The number of halogens is 1. The fourth-order valence-electron chi connectivity index (χ4n) is 2.55. The molecule has 1 aromatic heterocycles. The van der Waals surface area contributed by atoms with Gasteiger partial charge in [0.2, 0.25) is 0 Å². The molecule has 2 aromatic carbocycles. The maximum absolute atomic E-state index is 12.2. The van der Waals surface area contributed by atoms with E-state index in [-0.39, 0.29) is 11.6 Å². The number of thiazole rings is 1. The van der Waals surface area contributed by atoms with Crippen molar-refractivity contribution in [3.05, 3.63) is 79.8 Å². The van der Waals surface area contributed by atoms with Crippen molar-refractivity contribution in [1.29, 1.82) is 0 Å². The van der Waals surface area contributed by atoms with Gasteiger partial charge in [0.25, 0.3) is 11.6 Å². The van der Waals surface area contributed by atoms with Crippen molar-refractivity contribution in [3.8, 4) is 10.6 Å². The van der Waals surface area contributed by atoms with E-state index < -0.39 is 4.92 Å². The van der Waals surface area contributed by atoms with Crippen molar-refractivity contribution in [1.82, 2.24) is 10.3 Å². The molecule has 0 atom stereocenters. The highest BCUT2D eigenvalue weighted by atomic mass is 35.5. The summed E-state index contributed by atoms with van der Waals surface area (Å²) in [6, 6.07) is 11.8. The second kappa shape index (κ2) is 8.28. The van der Waals surface area contributed by atoms with Gasteiger partial charge < -0.3 is 5.32 Å². The quantitative estimate of drug-likeness (QED) is 0.481. The summed E-state index contributed by atoms with van der Waals surface area (Å²) in [4.78, 5) is 27.2. The maximum atomic E-state index is 12.2. The topological polar surface area (TPSA) is 85.1 Å². The van der Waals surface area contributed by atoms with E-state index in [4.69, 9.17) is 11.6 Å². The largest absolute Gasteiger partial charge is 0.352 e. The first kappa shape index (κ1) is 19.0. The Labute approximate surface area is 165 Å². The summed E-state index contributed by atoms with van der Waals surface area (Å²) in [6.45, 7) is 2.04. The van der Waals surface area contributed by atoms with Gasteiger partial charge in [0, 0.05) is 46.1 Å². The fraction of sp³-hybridized carbons (Fsp3) is 0.158. The summed E-state index contributed by atoms with van der Waals surface area (Å²) >= 11 is 7.44. The van der Waals surface area contributed by atoms with Gasteiger partial charge in [-0.15, -0.1) is 11.3 Å². The van der Waals surface area contributed by atoms with Crippen molar-refractivity contribution < 1.29 is 9.72 Å². The first-order chi connectivity index (χ1) is 12.9. The van der Waals surface area contributed by atoms with E-state index in [1.807, 2.05) is 29.6 Å². The molecule has 138 valence electrons. The molecule has 0 saturated heterocycles. The number of aromatic nitrogens is 1. The Bertz CT molecular complexity index is 986. The third-order valence-electron chi connectivity index (χ3n) is 3.97. The van der Waals surface area contributed by atoms with Gasteiger partial charge in [-0.3, -0.25) is 14.9 Å². The van der Waals surface area contributed by atoms with Crippen LogP contribution in [0.25, 0.3) is 10.6 Å². The van der Waals surface area contributed by atoms with E-state index in [0.717, 1.165) is 16.3 Å². The number of nitro benzene ring substituents is 1. The zero-order valence-corrected chi connectivity index (χ0v) is 16.0. The van der Waals surface area contributed by atoms with E-state index in [1.54, 1.807) is 6.92 Å². The Kier molecular flexibility index (Phi) is 5.83. The molecule has 6 nitrogen and oxygen atoms in total. The molecule has 0 spiro atoms. The van der Waals surface area contributed by atoms with Crippen molar-refractivity contribution in [2.24, 2.45) is 0 Å². The van der Waals surface area contributed by atoms with Crippen LogP contribution in [0.3, 0.4) is 0 Å². The van der Waals surface area contributed by atoms with Crippen LogP contribution in [-0.2, 0) is 6.42 Å². The number of hydrogen-bond donors (Lipinski definition) is 1. The first-order valence-electron chi connectivity index (χ1n) is 8.17. The summed E-state index contributed by atoms with van der Waals surface area (Å²) in [7, 11) is 0. The molecular weight excluding hydrogens is 386 g/mol. The van der Waals surface area contributed by atoms with Gasteiger partial charge in [0.15, 0.2) is 0 Å². The van der Waals surface area contributed by atoms with Crippen LogP contribution in [0.1, 0.15) is 21.6 Å². The summed E-state index contributed by atoms with van der Waals surface area (Å²) in [6.07, 6.45) is 0.599. The normalized spacial score (nSPS) is 10.6. The molecule has 3 aromatic rings. The van der Waals surface area contributed by atoms with Crippen LogP contribution >= 0.6 is 22.9 Å². The molecule has 0 unspecified atom stereocenters. The minimum absolute atomic E-state index is 0.00347. The zero-order chi connectivity index (χ0) is 19.4. The summed E-state index contributed by atoms with van der Waals surface area (Å²) in [5.41, 5.74) is 2.76. The van der Waals surface area contributed by atoms with Gasteiger partial charge in [-0.05, 0) is 31.2 Å². The van der Waals surface area contributed by atoms with Gasteiger partial charge in [-0.2, -0.15) is 0 Å². The second-order valence-corrected chi connectivity index (χ2v) is 7.21. The van der Waals surface area contributed by atoms with Gasteiger partial charge >= 0.3 is 0 Å². The van der Waals surface area contributed by atoms with Crippen molar-refractivity contribution in [2.45, 2.75) is 13.3 Å². The van der Waals surface area contributed by atoms with Crippen molar-refractivity contribution in [2.75, 3.05) is 6.54 Å². The van der Waals surface area contributed by atoms with E-state index in [0.29, 0.717) is 29.1 Å². The SMILES string of the molecule is Cc1cc(C(=O)NCCc2csc(-c3ccc(Cl)cc3)n2)ccc1[N+](=O)[O-]. The summed E-state index contributed by atoms with van der Waals surface area (Å²) in [5, 5.41) is 17.2. The Hall–Kier alpha value is -2.77. The molecule has 0 saturated carbocycles. The molecule has 1 heterocycles. The van der Waals surface area contributed by atoms with E-state index in [1.165, 1.54) is 29.5 Å². The Morgan fingerprint density at radius 1 is 1.26 bits per heavy atom. The lowest BCUT2D eigenvalue weighted by Crippen LogP contribution is -2.25. The van der Waals surface area contributed by atoms with E-state index in [9.17, 15) is 14.9 Å². The molecule has 0 aliphatic rings. The number of hydrogen-bond acceptors (Lipinski definition) is 5. The number of amides is 1. The van der Waals surface area contributed by atoms with Crippen LogP contribution in [0.2, 0.25) is 5.02 Å². The highest BCUT2D eigenvalue weighted by Crippen LogP contribution is 2.25. The monoisotopic (exact) mass is 401 g/mol. The van der Waals surface area contributed by atoms with Crippen LogP contribution in [-0.4, -0.2) is 22.4 Å². The Balaban J connectivity index is 1.57. The number of carbonyl (C=O) groups is 1. The lowest BCUT2D eigenvalue weighted by molar-refractivity contribution is -0.385. The number of rotatable bonds is 6. The van der Waals surface area contributed by atoms with Crippen LogP contribution in [0.5, 0.6) is 0 Å². The third kappa shape index (κ3) is 4.69. The number of aryl methyl sites for hydroxylation is 1. The van der Waals surface area contributed by atoms with Crippen molar-refractivity contribution in [3.63, 3.8) is 0 Å². The molecule has 27 heavy (non-hydrogen) atoms. The summed E-state index contributed by atoms with van der Waals surface area (Å²) in [5.74, 6) is -0.263. The molecule has 8 heteroatoms. The molecule has 0 aliphatic heterocycles. The number of nitro groups is 1. The van der Waals surface area contributed by atoms with Crippen LogP contribution in [0.15, 0.2) is 47.8 Å². The Morgan fingerprint density at radius 2 is 2.00 bits per heavy atom. The van der Waals surface area contributed by atoms with Crippen molar-refractivity contribution >= 4 is 34.5 Å². The van der Waals surface area contributed by atoms with Crippen LogP contribution in [0, 0.1) is 17.0 Å². The van der Waals surface area contributed by atoms with E-state index in [2.05, 4.69) is 10.3 Å². The zero-order valence-electron chi connectivity index (χ0n) is 14.4. The van der Waals surface area contributed by atoms with Crippen LogP contribution in [0.4, 0.5) is 5.69 Å². The highest BCUT2D eigenvalue weighted by molar-refractivity contribution is 7.13. The molecule has 0 aliphatic carbocycles. The minimum Gasteiger partial charge on any atom is -0.352 e. The van der Waals surface area contributed by atoms with Gasteiger partial charge in [0.05, 0.1) is 10.6 Å². The van der Waals surface area contributed by atoms with Gasteiger partial charge in [0.1, 0.15) is 5.01 Å². The first-order valence-corrected chi connectivity index (χ1v) is 9.43. The van der Waals surface area contributed by atoms with Gasteiger partial charge in [-0.1, -0.05) is 23.7 Å². The average Bonchev–Trinajstić information content (AvgIpc) is 3.10. The van der Waals surface area contributed by atoms with Crippen LogP contribution < -0.4 is 5.32 Å². The maximum Gasteiger partial charge on any atom is 0.272 e. The second-order valence-electron chi connectivity index (χ2n) is 5.92. The number of nitrogens with zero attached hydrogens (tertiary/aromatic N) is 2. The number of benzene rings is 2. The van der Waals surface area contributed by atoms with E-state index >= 15 is 0 Å². The summed E-state index contributed by atoms with van der Waals surface area (Å²) < 4.78 is 0. The molecule has 1 amide bonds. The lowest BCUT2D eigenvalue weighted by atomic mass is 10.1. The number of nitrogens with one attached hydrogen (secondary N) is 1. The minimum atomic E-state index is -0.461. The smallest absolute Gasteiger partial charge is 0.272 e. The predicted molar refractivity (Wildman–Crippen MR) is 106 cm³/mol. The molecule has 1 N–H and O–H groups in total. The third-order valence-corrected chi connectivity index (χ3v) is 5.16. The molecular formula is C19H16ClN3O3S. The predicted octanol–water partition coefficient (Wildman–Crippen LogP) is 4.65. The highest BCUT2D eigenvalue weighted by Gasteiger charge is 2.13. The molecule has 0 fully saturated rings. The van der Waals surface area contributed by atoms with Gasteiger partial charge in [-0.25, -0.2) is 4.98 Å². The molecule has 0 bridgehead atoms. The lowest BCUT2D eigenvalue weighted by Gasteiger charge is -2.05. The average molecular weight is 402 g/mol. The molecule has 0 radical (unpaired) electrons. The Morgan fingerprint density at radius 3 is 2.67 bits per heavy atom. The molecule has 3 rings (SSSR count). The standard InChI is InChI=1S/C19H16ClN3O3S/c1-12-10-14(4-7-17(12)23(25)26)18(24)21-9-8-16-11-27-19(22-16)13-2-5-15(20)6-3-13/h2-7,10-11H,8-9H2,1H3,(H,21,24). The number of carbonyl (C=O) groups excluding carboxylic acids is 1.